The molecule has 5 heteroatoms. The fourth-order valence-corrected chi connectivity index (χ4v) is 2.67. The summed E-state index contributed by atoms with van der Waals surface area (Å²) >= 11 is 5.86. The van der Waals surface area contributed by atoms with Crippen molar-refractivity contribution in [3.8, 4) is 11.5 Å². The maximum Gasteiger partial charge on any atom is 0.257 e. The largest absolute Gasteiger partial charge is 0.334 e. The first kappa shape index (κ1) is 12.6. The van der Waals surface area contributed by atoms with Crippen LogP contribution in [0.4, 0.5) is 0 Å². The summed E-state index contributed by atoms with van der Waals surface area (Å²) in [7, 11) is 0. The lowest BCUT2D eigenvalue weighted by atomic mass is 9.82. The van der Waals surface area contributed by atoms with E-state index in [-0.39, 0.29) is 0 Å². The van der Waals surface area contributed by atoms with Crippen LogP contribution in [-0.2, 0) is 5.54 Å². The maximum absolute atomic E-state index is 6.39. The van der Waals surface area contributed by atoms with Gasteiger partial charge in [-0.3, -0.25) is 0 Å². The van der Waals surface area contributed by atoms with E-state index in [1.807, 2.05) is 12.1 Å². The molecule has 1 aliphatic rings. The molecule has 0 aliphatic heterocycles. The van der Waals surface area contributed by atoms with Crippen LogP contribution in [0, 0.1) is 0 Å². The van der Waals surface area contributed by atoms with Gasteiger partial charge < -0.3 is 10.3 Å². The topological polar surface area (TPSA) is 64.9 Å². The molecule has 2 aromatic rings. The third-order valence-corrected chi connectivity index (χ3v) is 3.96. The van der Waals surface area contributed by atoms with Crippen LogP contribution in [0.1, 0.15) is 37.9 Å². The fourth-order valence-electron chi connectivity index (χ4n) is 2.54. The lowest BCUT2D eigenvalue weighted by Gasteiger charge is -2.29. The molecule has 19 heavy (non-hydrogen) atoms. The average molecular weight is 278 g/mol. The zero-order chi connectivity index (χ0) is 13.3. The molecule has 0 saturated heterocycles. The van der Waals surface area contributed by atoms with Crippen LogP contribution in [0.5, 0.6) is 0 Å². The fraction of sp³-hybridized carbons (Fsp3) is 0.429. The smallest absolute Gasteiger partial charge is 0.257 e. The Hall–Kier alpha value is -1.39. The van der Waals surface area contributed by atoms with Gasteiger partial charge in [0.1, 0.15) is 0 Å². The highest BCUT2D eigenvalue weighted by atomic mass is 35.5. The van der Waals surface area contributed by atoms with Crippen LogP contribution in [0.15, 0.2) is 28.8 Å². The zero-order valence-corrected chi connectivity index (χ0v) is 11.4. The maximum atomic E-state index is 6.39. The first-order valence-corrected chi connectivity index (χ1v) is 6.94. The van der Waals surface area contributed by atoms with Crippen molar-refractivity contribution >= 4 is 11.6 Å². The summed E-state index contributed by atoms with van der Waals surface area (Å²) in [6.45, 7) is 0. The highest BCUT2D eigenvalue weighted by molar-refractivity contribution is 6.30. The molecule has 1 aromatic heterocycles. The molecule has 100 valence electrons. The van der Waals surface area contributed by atoms with Gasteiger partial charge in [0.25, 0.3) is 5.89 Å². The number of aromatic nitrogens is 2. The SMILES string of the molecule is NC1(c2noc(-c3ccc(Cl)cc3)n2)CCCCC1. The lowest BCUT2D eigenvalue weighted by Crippen LogP contribution is -2.39. The van der Waals surface area contributed by atoms with Gasteiger partial charge in [-0.05, 0) is 37.1 Å². The molecule has 3 rings (SSSR count). The van der Waals surface area contributed by atoms with Gasteiger partial charge in [-0.1, -0.05) is 36.0 Å². The van der Waals surface area contributed by atoms with Gasteiger partial charge in [0.15, 0.2) is 5.82 Å². The van der Waals surface area contributed by atoms with Gasteiger partial charge in [0.2, 0.25) is 0 Å². The molecule has 1 aliphatic carbocycles. The molecule has 0 radical (unpaired) electrons. The van der Waals surface area contributed by atoms with Crippen LogP contribution >= 0.6 is 11.6 Å². The Kier molecular flexibility index (Phi) is 3.29. The second-order valence-corrected chi connectivity index (χ2v) is 5.58. The third kappa shape index (κ3) is 2.51. The molecule has 0 unspecified atom stereocenters. The highest BCUT2D eigenvalue weighted by Crippen LogP contribution is 2.34. The lowest BCUT2D eigenvalue weighted by molar-refractivity contribution is 0.275. The second kappa shape index (κ2) is 4.94. The monoisotopic (exact) mass is 277 g/mol. The van der Waals surface area contributed by atoms with E-state index in [4.69, 9.17) is 21.9 Å². The molecular weight excluding hydrogens is 262 g/mol. The van der Waals surface area contributed by atoms with Crippen molar-refractivity contribution < 1.29 is 4.52 Å². The molecule has 2 N–H and O–H groups in total. The Morgan fingerprint density at radius 3 is 2.47 bits per heavy atom. The highest BCUT2D eigenvalue weighted by Gasteiger charge is 2.34. The number of hydrogen-bond acceptors (Lipinski definition) is 4. The number of rotatable bonds is 2. The number of hydrogen-bond donors (Lipinski definition) is 1. The molecule has 0 atom stereocenters. The van der Waals surface area contributed by atoms with E-state index in [1.165, 1.54) is 6.42 Å². The van der Waals surface area contributed by atoms with E-state index in [2.05, 4.69) is 10.1 Å². The minimum atomic E-state index is -0.424. The van der Waals surface area contributed by atoms with Crippen LogP contribution in [0.2, 0.25) is 5.02 Å². The van der Waals surface area contributed by atoms with Crippen molar-refractivity contribution in [2.45, 2.75) is 37.6 Å². The van der Waals surface area contributed by atoms with Crippen LogP contribution in [-0.4, -0.2) is 10.1 Å². The van der Waals surface area contributed by atoms with Crippen molar-refractivity contribution in [1.29, 1.82) is 0 Å². The van der Waals surface area contributed by atoms with Crippen molar-refractivity contribution in [3.63, 3.8) is 0 Å². The summed E-state index contributed by atoms with van der Waals surface area (Å²) in [5.74, 6) is 1.12. The Balaban J connectivity index is 1.88. The van der Waals surface area contributed by atoms with Gasteiger partial charge in [-0.2, -0.15) is 4.98 Å². The minimum Gasteiger partial charge on any atom is -0.334 e. The van der Waals surface area contributed by atoms with Crippen molar-refractivity contribution in [1.82, 2.24) is 10.1 Å². The molecular formula is C14H16ClN3O. The number of nitrogens with zero attached hydrogens (tertiary/aromatic N) is 2. The van der Waals surface area contributed by atoms with E-state index in [9.17, 15) is 0 Å². The van der Waals surface area contributed by atoms with E-state index in [0.717, 1.165) is 31.2 Å². The van der Waals surface area contributed by atoms with Gasteiger partial charge in [-0.25, -0.2) is 0 Å². The quantitative estimate of drug-likeness (QED) is 0.912. The first-order chi connectivity index (χ1) is 9.17. The average Bonchev–Trinajstić information content (AvgIpc) is 2.91. The number of halogens is 1. The zero-order valence-electron chi connectivity index (χ0n) is 10.6. The molecule has 1 fully saturated rings. The molecule has 1 saturated carbocycles. The van der Waals surface area contributed by atoms with Crippen LogP contribution in [0.3, 0.4) is 0 Å². The van der Waals surface area contributed by atoms with Gasteiger partial charge in [-0.15, -0.1) is 0 Å². The number of nitrogens with two attached hydrogens (primary N) is 1. The van der Waals surface area contributed by atoms with Crippen LogP contribution < -0.4 is 5.73 Å². The van der Waals surface area contributed by atoms with Gasteiger partial charge in [0.05, 0.1) is 5.54 Å². The Labute approximate surface area is 117 Å². The summed E-state index contributed by atoms with van der Waals surface area (Å²) in [5, 5.41) is 4.75. The van der Waals surface area contributed by atoms with Crippen molar-refractivity contribution in [3.05, 3.63) is 35.1 Å². The summed E-state index contributed by atoms with van der Waals surface area (Å²) in [6, 6.07) is 7.34. The standard InChI is InChI=1S/C14H16ClN3O/c15-11-6-4-10(5-7-11)12-17-13(18-19-12)14(16)8-2-1-3-9-14/h4-7H,1-3,8-9,16H2. The molecule has 1 heterocycles. The molecule has 0 bridgehead atoms. The molecule has 4 nitrogen and oxygen atoms in total. The number of benzene rings is 1. The summed E-state index contributed by atoms with van der Waals surface area (Å²) in [4.78, 5) is 4.46. The Morgan fingerprint density at radius 1 is 1.11 bits per heavy atom. The van der Waals surface area contributed by atoms with E-state index in [0.29, 0.717) is 16.7 Å². The molecule has 0 spiro atoms. The second-order valence-electron chi connectivity index (χ2n) is 5.15. The predicted molar refractivity (Wildman–Crippen MR) is 73.7 cm³/mol. The van der Waals surface area contributed by atoms with Crippen LogP contribution in [0.25, 0.3) is 11.5 Å². The summed E-state index contributed by atoms with van der Waals surface area (Å²) in [5.41, 5.74) is 6.83. The minimum absolute atomic E-state index is 0.424. The van der Waals surface area contributed by atoms with E-state index in [1.54, 1.807) is 12.1 Å². The normalized spacial score (nSPS) is 18.4. The van der Waals surface area contributed by atoms with Gasteiger partial charge >= 0.3 is 0 Å². The summed E-state index contributed by atoms with van der Waals surface area (Å²) in [6.07, 6.45) is 5.34. The predicted octanol–water partition coefficient (Wildman–Crippen LogP) is 3.51. The first-order valence-electron chi connectivity index (χ1n) is 6.56. The van der Waals surface area contributed by atoms with Gasteiger partial charge in [0, 0.05) is 10.6 Å². The molecule has 0 amide bonds. The molecule has 1 aromatic carbocycles. The van der Waals surface area contributed by atoms with Crippen molar-refractivity contribution in [2.24, 2.45) is 5.73 Å². The third-order valence-electron chi connectivity index (χ3n) is 3.71. The summed E-state index contributed by atoms with van der Waals surface area (Å²) < 4.78 is 5.32. The van der Waals surface area contributed by atoms with E-state index < -0.39 is 5.54 Å². The Bertz CT molecular complexity index is 558. The van der Waals surface area contributed by atoms with Crippen molar-refractivity contribution in [2.75, 3.05) is 0 Å². The van der Waals surface area contributed by atoms with E-state index >= 15 is 0 Å². The Morgan fingerprint density at radius 2 is 1.79 bits per heavy atom.